The molecule has 8 heteroatoms. The standard InChI is InChI=1S/C34H39N3O4S/c1-3-5-20-40-21-22-41-32-14-10-28(11-15-32)29-8-6-7-27(23-29)9-18-34(38)36-30-12-16-33(17-13-30)42(39)25-31-24-35-26-37(31)19-4-2/h6-18,23-24,26H,3-5,19-22,25H2,1-2H3,(H,36,38)/b18-9+/t42-/m1/s1. The maximum absolute atomic E-state index is 12.9. The van der Waals surface area contributed by atoms with Crippen LogP contribution in [-0.4, -0.2) is 39.5 Å². The summed E-state index contributed by atoms with van der Waals surface area (Å²) in [5, 5.41) is 2.87. The molecule has 0 fully saturated rings. The van der Waals surface area contributed by atoms with Crippen molar-refractivity contribution in [1.29, 1.82) is 0 Å². The summed E-state index contributed by atoms with van der Waals surface area (Å²) in [4.78, 5) is 17.5. The Morgan fingerprint density at radius 1 is 0.952 bits per heavy atom. The van der Waals surface area contributed by atoms with Crippen LogP contribution < -0.4 is 10.1 Å². The molecular weight excluding hydrogens is 546 g/mol. The number of nitrogens with one attached hydrogen (secondary N) is 1. The Hall–Kier alpha value is -4.01. The average molecular weight is 586 g/mol. The van der Waals surface area contributed by atoms with Crippen LogP contribution in [0.4, 0.5) is 5.69 Å². The molecule has 0 unspecified atom stereocenters. The lowest BCUT2D eigenvalue weighted by molar-refractivity contribution is -0.111. The third-order valence-electron chi connectivity index (χ3n) is 6.57. The Labute approximate surface area is 251 Å². The molecule has 0 saturated heterocycles. The Morgan fingerprint density at radius 3 is 2.52 bits per heavy atom. The number of benzene rings is 3. The molecule has 1 aromatic heterocycles. The molecule has 0 aliphatic heterocycles. The highest BCUT2D eigenvalue weighted by molar-refractivity contribution is 7.84. The number of amides is 1. The van der Waals surface area contributed by atoms with E-state index in [0.29, 0.717) is 29.5 Å². The highest BCUT2D eigenvalue weighted by atomic mass is 32.2. The van der Waals surface area contributed by atoms with Crippen LogP contribution >= 0.6 is 0 Å². The molecule has 1 amide bonds. The van der Waals surface area contributed by atoms with E-state index < -0.39 is 10.8 Å². The van der Waals surface area contributed by atoms with E-state index in [1.807, 2.05) is 53.1 Å². The summed E-state index contributed by atoms with van der Waals surface area (Å²) < 4.78 is 26.2. The molecular formula is C34H39N3O4S. The topological polar surface area (TPSA) is 82.4 Å². The smallest absolute Gasteiger partial charge is 0.248 e. The maximum Gasteiger partial charge on any atom is 0.248 e. The van der Waals surface area contributed by atoms with Crippen molar-refractivity contribution in [2.24, 2.45) is 0 Å². The van der Waals surface area contributed by atoms with Crippen molar-refractivity contribution in [3.8, 4) is 16.9 Å². The second-order valence-corrected chi connectivity index (χ2v) is 11.3. The molecule has 4 aromatic rings. The summed E-state index contributed by atoms with van der Waals surface area (Å²) in [5.41, 5.74) is 4.62. The number of ether oxygens (including phenoxy) is 2. The van der Waals surface area contributed by atoms with Crippen LogP contribution in [0.25, 0.3) is 17.2 Å². The first-order valence-corrected chi connectivity index (χ1v) is 15.7. The number of anilines is 1. The van der Waals surface area contributed by atoms with Gasteiger partial charge in [0.1, 0.15) is 12.4 Å². The average Bonchev–Trinajstić information content (AvgIpc) is 3.45. The van der Waals surface area contributed by atoms with Gasteiger partial charge in [0.15, 0.2) is 0 Å². The third-order valence-corrected chi connectivity index (χ3v) is 7.92. The van der Waals surface area contributed by atoms with E-state index in [0.717, 1.165) is 60.5 Å². The highest BCUT2D eigenvalue weighted by Gasteiger charge is 2.10. The monoisotopic (exact) mass is 585 g/mol. The van der Waals surface area contributed by atoms with E-state index in [4.69, 9.17) is 9.47 Å². The summed E-state index contributed by atoms with van der Waals surface area (Å²) in [5.74, 6) is 0.974. The van der Waals surface area contributed by atoms with E-state index >= 15 is 0 Å². The van der Waals surface area contributed by atoms with Crippen molar-refractivity contribution < 1.29 is 18.5 Å². The molecule has 0 saturated carbocycles. The summed E-state index contributed by atoms with van der Waals surface area (Å²) in [7, 11) is -1.20. The van der Waals surface area contributed by atoms with Gasteiger partial charge < -0.3 is 19.4 Å². The van der Waals surface area contributed by atoms with Crippen LogP contribution in [0.2, 0.25) is 0 Å². The van der Waals surface area contributed by atoms with Gasteiger partial charge >= 0.3 is 0 Å². The quantitative estimate of drug-likeness (QED) is 0.112. The number of aryl methyl sites for hydroxylation is 1. The Balaban J connectivity index is 1.27. The highest BCUT2D eigenvalue weighted by Crippen LogP contribution is 2.24. The van der Waals surface area contributed by atoms with Crippen molar-refractivity contribution in [1.82, 2.24) is 9.55 Å². The molecule has 0 radical (unpaired) electrons. The fourth-order valence-electron chi connectivity index (χ4n) is 4.31. The molecule has 1 atom stereocenters. The first kappa shape index (κ1) is 30.9. The van der Waals surface area contributed by atoms with E-state index in [1.54, 1.807) is 42.9 Å². The maximum atomic E-state index is 12.9. The van der Waals surface area contributed by atoms with Gasteiger partial charge in [-0.25, -0.2) is 4.98 Å². The normalized spacial score (nSPS) is 12.0. The fourth-order valence-corrected chi connectivity index (χ4v) is 5.42. The van der Waals surface area contributed by atoms with Gasteiger partial charge in [-0.1, -0.05) is 50.6 Å². The van der Waals surface area contributed by atoms with Crippen LogP contribution in [0.3, 0.4) is 0 Å². The number of unbranched alkanes of at least 4 members (excludes halogenated alkanes) is 1. The lowest BCUT2D eigenvalue weighted by atomic mass is 10.0. The molecule has 0 bridgehead atoms. The molecule has 7 nitrogen and oxygen atoms in total. The second kappa shape index (κ2) is 16.4. The largest absolute Gasteiger partial charge is 0.491 e. The Kier molecular flexibility index (Phi) is 12.1. The van der Waals surface area contributed by atoms with Crippen LogP contribution in [0, 0.1) is 0 Å². The van der Waals surface area contributed by atoms with E-state index in [9.17, 15) is 9.00 Å². The number of carbonyl (C=O) groups excluding carboxylic acids is 1. The third kappa shape index (κ3) is 9.53. The first-order valence-electron chi connectivity index (χ1n) is 14.4. The molecule has 0 aliphatic rings. The van der Waals surface area contributed by atoms with Crippen LogP contribution in [0.15, 0.2) is 96.3 Å². The number of carbonyl (C=O) groups is 1. The predicted octanol–water partition coefficient (Wildman–Crippen LogP) is 7.12. The lowest BCUT2D eigenvalue weighted by Gasteiger charge is -2.08. The molecule has 3 aromatic carbocycles. The Morgan fingerprint density at radius 2 is 1.76 bits per heavy atom. The lowest BCUT2D eigenvalue weighted by Crippen LogP contribution is -2.08. The SMILES string of the molecule is CCCCOCCOc1ccc(-c2cccc(/C=C/C(=O)Nc3ccc([S@](=O)Cc4cncn4CCC)cc3)c2)cc1. The van der Waals surface area contributed by atoms with Gasteiger partial charge in [0.2, 0.25) is 5.91 Å². The van der Waals surface area contributed by atoms with Crippen molar-refractivity contribution in [3.63, 3.8) is 0 Å². The van der Waals surface area contributed by atoms with E-state index in [2.05, 4.69) is 24.1 Å². The van der Waals surface area contributed by atoms with Gasteiger partial charge in [-0.3, -0.25) is 9.00 Å². The molecule has 42 heavy (non-hydrogen) atoms. The zero-order valence-electron chi connectivity index (χ0n) is 24.3. The van der Waals surface area contributed by atoms with Crippen molar-refractivity contribution >= 4 is 28.5 Å². The molecule has 1 heterocycles. The number of hydrogen-bond donors (Lipinski definition) is 1. The minimum Gasteiger partial charge on any atom is -0.491 e. The van der Waals surface area contributed by atoms with Gasteiger partial charge in [0, 0.05) is 36.0 Å². The number of hydrogen-bond acceptors (Lipinski definition) is 5. The van der Waals surface area contributed by atoms with Gasteiger partial charge in [-0.15, -0.1) is 0 Å². The summed E-state index contributed by atoms with van der Waals surface area (Å²) in [6, 6.07) is 23.1. The second-order valence-electron chi connectivity index (χ2n) is 9.88. The van der Waals surface area contributed by atoms with Crippen LogP contribution in [0.1, 0.15) is 44.4 Å². The molecule has 4 rings (SSSR count). The zero-order chi connectivity index (χ0) is 29.6. The van der Waals surface area contributed by atoms with Gasteiger partial charge in [0.25, 0.3) is 0 Å². The van der Waals surface area contributed by atoms with Crippen molar-refractivity contribution in [3.05, 3.63) is 103 Å². The molecule has 220 valence electrons. The number of nitrogens with zero attached hydrogens (tertiary/aromatic N) is 2. The van der Waals surface area contributed by atoms with Crippen molar-refractivity contribution in [2.75, 3.05) is 25.1 Å². The minimum atomic E-state index is -1.20. The number of imidazole rings is 1. The van der Waals surface area contributed by atoms with E-state index in [-0.39, 0.29) is 5.91 Å². The van der Waals surface area contributed by atoms with E-state index in [1.165, 1.54) is 6.08 Å². The fraction of sp³-hybridized carbons (Fsp3) is 0.294. The Bertz CT molecular complexity index is 1460. The first-order chi connectivity index (χ1) is 20.6. The minimum absolute atomic E-state index is 0.238. The van der Waals surface area contributed by atoms with Gasteiger partial charge in [0.05, 0.1) is 35.2 Å². The van der Waals surface area contributed by atoms with Crippen LogP contribution in [-0.2, 0) is 32.6 Å². The molecule has 0 aliphatic carbocycles. The molecule has 0 spiro atoms. The van der Waals surface area contributed by atoms with Gasteiger partial charge in [-0.2, -0.15) is 0 Å². The number of aromatic nitrogens is 2. The molecule has 1 N–H and O–H groups in total. The van der Waals surface area contributed by atoms with Crippen LogP contribution in [0.5, 0.6) is 5.75 Å². The van der Waals surface area contributed by atoms with Crippen molar-refractivity contribution in [2.45, 2.75) is 50.3 Å². The predicted molar refractivity (Wildman–Crippen MR) is 170 cm³/mol. The summed E-state index contributed by atoms with van der Waals surface area (Å²) >= 11 is 0. The summed E-state index contributed by atoms with van der Waals surface area (Å²) in [6.07, 6.45) is 10.0. The number of rotatable bonds is 16. The summed E-state index contributed by atoms with van der Waals surface area (Å²) in [6.45, 7) is 6.99. The van der Waals surface area contributed by atoms with Gasteiger partial charge in [-0.05, 0) is 78.1 Å². The zero-order valence-corrected chi connectivity index (χ0v) is 25.1.